The van der Waals surface area contributed by atoms with Crippen LogP contribution in [0, 0.1) is 0 Å². The molecule has 132 valence electrons. The van der Waals surface area contributed by atoms with Gasteiger partial charge in [0.15, 0.2) is 5.96 Å². The fourth-order valence-electron chi connectivity index (χ4n) is 2.13. The van der Waals surface area contributed by atoms with Gasteiger partial charge in [0.05, 0.1) is 12.3 Å². The van der Waals surface area contributed by atoms with Gasteiger partial charge >= 0.3 is 0 Å². The van der Waals surface area contributed by atoms with Crippen molar-refractivity contribution in [1.29, 1.82) is 0 Å². The van der Waals surface area contributed by atoms with E-state index >= 15 is 0 Å². The molecule has 0 fully saturated rings. The summed E-state index contributed by atoms with van der Waals surface area (Å²) in [4.78, 5) is 5.20. The summed E-state index contributed by atoms with van der Waals surface area (Å²) >= 11 is 1.55. The second kappa shape index (κ2) is 8.46. The maximum absolute atomic E-state index is 11.2. The Labute approximate surface area is 146 Å². The minimum absolute atomic E-state index is 0.0380. The zero-order valence-corrected chi connectivity index (χ0v) is 15.5. The maximum atomic E-state index is 11.2. The van der Waals surface area contributed by atoms with Crippen LogP contribution < -0.4 is 10.6 Å². The first-order valence-corrected chi connectivity index (χ1v) is 10.6. The van der Waals surface area contributed by atoms with E-state index in [1.165, 1.54) is 6.26 Å². The van der Waals surface area contributed by atoms with Crippen molar-refractivity contribution in [2.45, 2.75) is 13.0 Å². The molecule has 0 aliphatic heterocycles. The van der Waals surface area contributed by atoms with Crippen molar-refractivity contribution < 1.29 is 13.5 Å². The lowest BCUT2D eigenvalue weighted by atomic mass is 10.2. The summed E-state index contributed by atoms with van der Waals surface area (Å²) in [5.41, 5.74) is 0. The average Bonchev–Trinajstić information content (AvgIpc) is 2.95. The van der Waals surface area contributed by atoms with Gasteiger partial charge in [0.25, 0.3) is 0 Å². The number of hydrogen-bond donors (Lipinski definition) is 3. The van der Waals surface area contributed by atoms with Gasteiger partial charge in [0, 0.05) is 28.9 Å². The molecule has 6 nitrogen and oxygen atoms in total. The largest absolute Gasteiger partial charge is 0.386 e. The van der Waals surface area contributed by atoms with E-state index in [9.17, 15) is 13.5 Å². The molecule has 0 spiro atoms. The third-order valence-corrected chi connectivity index (χ3v) is 5.47. The van der Waals surface area contributed by atoms with Crippen LogP contribution in [0.25, 0.3) is 10.1 Å². The maximum Gasteiger partial charge on any atom is 0.191 e. The fourth-order valence-corrected chi connectivity index (χ4v) is 3.65. The number of rotatable bonds is 7. The van der Waals surface area contributed by atoms with E-state index in [-0.39, 0.29) is 18.8 Å². The summed E-state index contributed by atoms with van der Waals surface area (Å²) in [6.07, 6.45) is 0.511. The van der Waals surface area contributed by atoms with E-state index in [0.29, 0.717) is 12.5 Å². The number of aliphatic hydroxyl groups is 1. The Morgan fingerprint density at radius 2 is 2.08 bits per heavy atom. The lowest BCUT2D eigenvalue weighted by molar-refractivity contribution is 0.191. The van der Waals surface area contributed by atoms with E-state index in [2.05, 4.69) is 15.6 Å². The van der Waals surface area contributed by atoms with Crippen molar-refractivity contribution in [2.24, 2.45) is 4.99 Å². The third-order valence-electron chi connectivity index (χ3n) is 3.30. The number of nitrogens with one attached hydrogen (secondary N) is 2. The van der Waals surface area contributed by atoms with Crippen LogP contribution in [-0.4, -0.2) is 51.1 Å². The van der Waals surface area contributed by atoms with Gasteiger partial charge in [0.2, 0.25) is 0 Å². The van der Waals surface area contributed by atoms with Crippen molar-refractivity contribution in [3.8, 4) is 0 Å². The molecule has 8 heteroatoms. The Morgan fingerprint density at radius 1 is 1.33 bits per heavy atom. The van der Waals surface area contributed by atoms with Gasteiger partial charge in [-0.2, -0.15) is 0 Å². The number of aliphatic hydroxyl groups excluding tert-OH is 1. The van der Waals surface area contributed by atoms with Crippen LogP contribution in [0.1, 0.15) is 17.9 Å². The standard InChI is InChI=1S/C16H23N3O3S2/c1-3-17-16(18-8-9-24(2,21)22)19-11-13(20)15-10-12-6-4-5-7-14(12)23-15/h4-7,10,13,20H,3,8-9,11H2,1-2H3,(H2,17,18,19). The van der Waals surface area contributed by atoms with Crippen LogP contribution in [0.15, 0.2) is 35.3 Å². The smallest absolute Gasteiger partial charge is 0.191 e. The van der Waals surface area contributed by atoms with E-state index < -0.39 is 15.9 Å². The predicted molar refractivity (Wildman–Crippen MR) is 100 cm³/mol. The number of nitrogens with zero attached hydrogens (tertiary/aromatic N) is 1. The summed E-state index contributed by atoms with van der Waals surface area (Å²) in [6.45, 7) is 3.07. The van der Waals surface area contributed by atoms with Crippen LogP contribution in [0.3, 0.4) is 0 Å². The SMILES string of the molecule is CCNC(=NCC(O)c1cc2ccccc2s1)NCCS(C)(=O)=O. The van der Waals surface area contributed by atoms with Crippen LogP contribution in [0.5, 0.6) is 0 Å². The van der Waals surface area contributed by atoms with Gasteiger partial charge in [-0.1, -0.05) is 18.2 Å². The van der Waals surface area contributed by atoms with Crippen LogP contribution in [-0.2, 0) is 9.84 Å². The number of sulfone groups is 1. The van der Waals surface area contributed by atoms with Crippen LogP contribution in [0.4, 0.5) is 0 Å². The summed E-state index contributed by atoms with van der Waals surface area (Å²) in [5.74, 6) is 0.539. The highest BCUT2D eigenvalue weighted by Crippen LogP contribution is 2.29. The highest BCUT2D eigenvalue weighted by molar-refractivity contribution is 7.90. The quantitative estimate of drug-likeness (QED) is 0.509. The van der Waals surface area contributed by atoms with Crippen molar-refractivity contribution in [1.82, 2.24) is 10.6 Å². The molecule has 1 heterocycles. The van der Waals surface area contributed by atoms with E-state index in [4.69, 9.17) is 0 Å². The first kappa shape index (κ1) is 18.7. The van der Waals surface area contributed by atoms with E-state index in [1.807, 2.05) is 37.3 Å². The van der Waals surface area contributed by atoms with Gasteiger partial charge in [-0.25, -0.2) is 8.42 Å². The van der Waals surface area contributed by atoms with Crippen molar-refractivity contribution in [3.05, 3.63) is 35.2 Å². The van der Waals surface area contributed by atoms with Crippen molar-refractivity contribution in [2.75, 3.05) is 31.6 Å². The Balaban J connectivity index is 1.98. The van der Waals surface area contributed by atoms with Gasteiger partial charge < -0.3 is 15.7 Å². The van der Waals surface area contributed by atoms with Crippen LogP contribution in [0.2, 0.25) is 0 Å². The molecule has 0 saturated heterocycles. The molecule has 1 aromatic heterocycles. The Kier molecular flexibility index (Phi) is 6.59. The normalized spacial score (nSPS) is 13.9. The summed E-state index contributed by atoms with van der Waals surface area (Å²) in [6, 6.07) is 9.96. The van der Waals surface area contributed by atoms with Gasteiger partial charge in [-0.15, -0.1) is 11.3 Å². The van der Waals surface area contributed by atoms with Crippen molar-refractivity contribution >= 4 is 37.2 Å². The molecule has 0 radical (unpaired) electrons. The van der Waals surface area contributed by atoms with Gasteiger partial charge in [0.1, 0.15) is 15.9 Å². The summed E-state index contributed by atoms with van der Waals surface area (Å²) < 4.78 is 23.5. The fraction of sp³-hybridized carbons (Fsp3) is 0.438. The lowest BCUT2D eigenvalue weighted by Gasteiger charge is -2.12. The Morgan fingerprint density at radius 3 is 2.75 bits per heavy atom. The highest BCUT2D eigenvalue weighted by Gasteiger charge is 2.11. The Hall–Kier alpha value is -1.64. The van der Waals surface area contributed by atoms with Crippen molar-refractivity contribution in [3.63, 3.8) is 0 Å². The molecule has 0 bridgehead atoms. The minimum Gasteiger partial charge on any atom is -0.386 e. The molecule has 0 saturated carbocycles. The van der Waals surface area contributed by atoms with Gasteiger partial charge in [-0.3, -0.25) is 4.99 Å². The van der Waals surface area contributed by atoms with E-state index in [1.54, 1.807) is 11.3 Å². The summed E-state index contributed by atoms with van der Waals surface area (Å²) in [5, 5.41) is 17.5. The average molecular weight is 370 g/mol. The molecule has 1 aromatic carbocycles. The first-order chi connectivity index (χ1) is 11.4. The predicted octanol–water partition coefficient (Wildman–Crippen LogP) is 1.53. The number of hydrogen-bond acceptors (Lipinski definition) is 5. The molecule has 1 atom stereocenters. The zero-order chi connectivity index (χ0) is 17.6. The van der Waals surface area contributed by atoms with E-state index in [0.717, 1.165) is 15.0 Å². The minimum atomic E-state index is -3.02. The molecular weight excluding hydrogens is 346 g/mol. The first-order valence-electron chi connectivity index (χ1n) is 7.75. The number of thiophene rings is 1. The second-order valence-electron chi connectivity index (χ2n) is 5.48. The molecular formula is C16H23N3O3S2. The zero-order valence-electron chi connectivity index (χ0n) is 13.8. The molecule has 3 N–H and O–H groups in total. The topological polar surface area (TPSA) is 90.8 Å². The lowest BCUT2D eigenvalue weighted by Crippen LogP contribution is -2.39. The monoisotopic (exact) mass is 369 g/mol. The molecule has 24 heavy (non-hydrogen) atoms. The number of fused-ring (bicyclic) bond motifs is 1. The van der Waals surface area contributed by atoms with Crippen LogP contribution >= 0.6 is 11.3 Å². The summed E-state index contributed by atoms with van der Waals surface area (Å²) in [7, 11) is -3.02. The number of benzene rings is 1. The molecule has 0 aliphatic carbocycles. The molecule has 1 unspecified atom stereocenters. The van der Waals surface area contributed by atoms with Gasteiger partial charge in [-0.05, 0) is 24.4 Å². The third kappa shape index (κ3) is 5.77. The Bertz CT molecular complexity index is 767. The second-order valence-corrected chi connectivity index (χ2v) is 8.85. The number of aliphatic imine (C=N–C) groups is 1. The molecule has 0 aliphatic rings. The molecule has 0 amide bonds. The molecule has 2 rings (SSSR count). The molecule has 2 aromatic rings. The highest BCUT2D eigenvalue weighted by atomic mass is 32.2. The number of guanidine groups is 1.